The topological polar surface area (TPSA) is 59.9 Å². The molecule has 0 bridgehead atoms. The SMILES string of the molecule is CNc1ncc(Oc2cnc(C)nc2)cc1Br. The minimum Gasteiger partial charge on any atom is -0.452 e. The summed E-state index contributed by atoms with van der Waals surface area (Å²) in [5.41, 5.74) is 0. The molecule has 0 saturated heterocycles. The Morgan fingerprint density at radius 1 is 1.12 bits per heavy atom. The lowest BCUT2D eigenvalue weighted by Gasteiger charge is -2.07. The molecule has 0 saturated carbocycles. The normalized spacial score (nSPS) is 10.1. The highest BCUT2D eigenvalue weighted by Gasteiger charge is 2.03. The largest absolute Gasteiger partial charge is 0.452 e. The molecule has 6 heteroatoms. The second-order valence-electron chi connectivity index (χ2n) is 3.32. The van der Waals surface area contributed by atoms with Crippen LogP contribution in [-0.2, 0) is 0 Å². The first-order chi connectivity index (χ1) is 8.19. The van der Waals surface area contributed by atoms with E-state index in [9.17, 15) is 0 Å². The number of rotatable bonds is 3. The number of hydrogen-bond donors (Lipinski definition) is 1. The van der Waals surface area contributed by atoms with Crippen LogP contribution in [0.2, 0.25) is 0 Å². The van der Waals surface area contributed by atoms with Gasteiger partial charge in [0.15, 0.2) is 5.75 Å². The van der Waals surface area contributed by atoms with Gasteiger partial charge in [0.2, 0.25) is 0 Å². The molecule has 0 unspecified atom stereocenters. The molecule has 2 aromatic heterocycles. The van der Waals surface area contributed by atoms with Crippen molar-refractivity contribution in [1.82, 2.24) is 15.0 Å². The Labute approximate surface area is 107 Å². The number of hydrogen-bond acceptors (Lipinski definition) is 5. The first-order valence-electron chi connectivity index (χ1n) is 4.99. The quantitative estimate of drug-likeness (QED) is 0.943. The summed E-state index contributed by atoms with van der Waals surface area (Å²) >= 11 is 3.40. The number of aryl methyl sites for hydroxylation is 1. The van der Waals surface area contributed by atoms with Crippen LogP contribution in [-0.4, -0.2) is 22.0 Å². The highest BCUT2D eigenvalue weighted by Crippen LogP contribution is 2.26. The molecule has 0 fully saturated rings. The number of ether oxygens (including phenoxy) is 1. The van der Waals surface area contributed by atoms with Gasteiger partial charge in [-0.25, -0.2) is 15.0 Å². The molecule has 2 aromatic rings. The van der Waals surface area contributed by atoms with Gasteiger partial charge in [-0.2, -0.15) is 0 Å². The van der Waals surface area contributed by atoms with Crippen molar-refractivity contribution in [3.8, 4) is 11.5 Å². The molecular formula is C11H11BrN4O. The summed E-state index contributed by atoms with van der Waals surface area (Å²) < 4.78 is 6.41. The summed E-state index contributed by atoms with van der Waals surface area (Å²) in [6, 6.07) is 1.83. The van der Waals surface area contributed by atoms with E-state index in [1.165, 1.54) is 0 Å². The Morgan fingerprint density at radius 3 is 2.35 bits per heavy atom. The Morgan fingerprint density at radius 2 is 1.76 bits per heavy atom. The van der Waals surface area contributed by atoms with Gasteiger partial charge in [-0.15, -0.1) is 0 Å². The van der Waals surface area contributed by atoms with Crippen LogP contribution in [0.4, 0.5) is 5.82 Å². The number of pyridine rings is 1. The third-order valence-corrected chi connectivity index (χ3v) is 2.65. The fraction of sp³-hybridized carbons (Fsp3) is 0.182. The average molecular weight is 295 g/mol. The molecule has 2 heterocycles. The Bertz CT molecular complexity index is 515. The third-order valence-electron chi connectivity index (χ3n) is 2.05. The summed E-state index contributed by atoms with van der Waals surface area (Å²) in [5.74, 6) is 2.68. The van der Waals surface area contributed by atoms with E-state index in [2.05, 4.69) is 36.2 Å². The van der Waals surface area contributed by atoms with Crippen molar-refractivity contribution >= 4 is 21.7 Å². The minimum absolute atomic E-state index is 0.585. The van der Waals surface area contributed by atoms with Crippen LogP contribution in [0.25, 0.3) is 0 Å². The number of halogens is 1. The standard InChI is InChI=1S/C11H11BrN4O/c1-7-14-5-9(6-15-7)17-8-3-10(12)11(13-2)16-4-8/h3-6H,1-2H3,(H,13,16). The third kappa shape index (κ3) is 2.91. The molecule has 0 aromatic carbocycles. The number of nitrogens with one attached hydrogen (secondary N) is 1. The van der Waals surface area contributed by atoms with E-state index >= 15 is 0 Å². The molecule has 17 heavy (non-hydrogen) atoms. The van der Waals surface area contributed by atoms with Crippen LogP contribution in [0, 0.1) is 6.92 Å². The molecule has 5 nitrogen and oxygen atoms in total. The zero-order valence-electron chi connectivity index (χ0n) is 9.44. The van der Waals surface area contributed by atoms with Crippen LogP contribution >= 0.6 is 15.9 Å². The van der Waals surface area contributed by atoms with E-state index in [1.807, 2.05) is 13.0 Å². The van der Waals surface area contributed by atoms with Gasteiger partial charge in [0.1, 0.15) is 17.4 Å². The van der Waals surface area contributed by atoms with E-state index in [-0.39, 0.29) is 0 Å². The lowest BCUT2D eigenvalue weighted by atomic mass is 10.4. The molecule has 88 valence electrons. The summed E-state index contributed by atoms with van der Waals surface area (Å²) in [6.45, 7) is 1.82. The first-order valence-corrected chi connectivity index (χ1v) is 5.78. The van der Waals surface area contributed by atoms with E-state index in [1.54, 1.807) is 25.6 Å². The zero-order valence-corrected chi connectivity index (χ0v) is 11.0. The molecule has 0 amide bonds. The van der Waals surface area contributed by atoms with Crippen LogP contribution < -0.4 is 10.1 Å². The van der Waals surface area contributed by atoms with Crippen molar-refractivity contribution in [1.29, 1.82) is 0 Å². The fourth-order valence-electron chi connectivity index (χ4n) is 1.23. The van der Waals surface area contributed by atoms with E-state index in [4.69, 9.17) is 4.74 Å². The predicted octanol–water partition coefficient (Wildman–Crippen LogP) is 2.78. The number of anilines is 1. The first kappa shape index (κ1) is 11.8. The molecule has 0 aliphatic rings. The van der Waals surface area contributed by atoms with Crippen LogP contribution in [0.3, 0.4) is 0 Å². The van der Waals surface area contributed by atoms with Crippen molar-refractivity contribution in [2.75, 3.05) is 12.4 Å². The van der Waals surface area contributed by atoms with Crippen molar-refractivity contribution in [3.05, 3.63) is 35.0 Å². The molecule has 0 atom stereocenters. The smallest absolute Gasteiger partial charge is 0.164 e. The van der Waals surface area contributed by atoms with E-state index < -0.39 is 0 Å². The lowest BCUT2D eigenvalue weighted by Crippen LogP contribution is -1.95. The second-order valence-corrected chi connectivity index (χ2v) is 4.17. The van der Waals surface area contributed by atoms with Gasteiger partial charge in [-0.1, -0.05) is 0 Å². The molecule has 0 radical (unpaired) electrons. The number of aromatic nitrogens is 3. The van der Waals surface area contributed by atoms with Crippen LogP contribution in [0.15, 0.2) is 29.1 Å². The molecule has 0 aliphatic carbocycles. The molecular weight excluding hydrogens is 284 g/mol. The fourth-order valence-corrected chi connectivity index (χ4v) is 1.76. The van der Waals surface area contributed by atoms with Crippen molar-refractivity contribution in [2.45, 2.75) is 6.92 Å². The summed E-state index contributed by atoms with van der Waals surface area (Å²) in [5, 5.41) is 2.96. The summed E-state index contributed by atoms with van der Waals surface area (Å²) in [7, 11) is 1.81. The summed E-state index contributed by atoms with van der Waals surface area (Å²) in [6.07, 6.45) is 4.89. The Hall–Kier alpha value is -1.69. The minimum atomic E-state index is 0.585. The monoisotopic (exact) mass is 294 g/mol. The maximum Gasteiger partial charge on any atom is 0.164 e. The molecule has 0 aliphatic heterocycles. The summed E-state index contributed by atoms with van der Waals surface area (Å²) in [4.78, 5) is 12.3. The van der Waals surface area contributed by atoms with Crippen molar-refractivity contribution < 1.29 is 4.74 Å². The van der Waals surface area contributed by atoms with E-state index in [0.29, 0.717) is 17.3 Å². The van der Waals surface area contributed by atoms with Gasteiger partial charge in [0.25, 0.3) is 0 Å². The molecule has 1 N–H and O–H groups in total. The highest BCUT2D eigenvalue weighted by molar-refractivity contribution is 9.10. The van der Waals surface area contributed by atoms with Gasteiger partial charge < -0.3 is 10.1 Å². The van der Waals surface area contributed by atoms with Crippen molar-refractivity contribution in [3.63, 3.8) is 0 Å². The highest BCUT2D eigenvalue weighted by atomic mass is 79.9. The maximum absolute atomic E-state index is 5.57. The second kappa shape index (κ2) is 5.09. The van der Waals surface area contributed by atoms with Gasteiger partial charge in [0.05, 0.1) is 23.1 Å². The molecule has 2 rings (SSSR count). The molecule has 0 spiro atoms. The predicted molar refractivity (Wildman–Crippen MR) is 68.3 cm³/mol. The van der Waals surface area contributed by atoms with Gasteiger partial charge >= 0.3 is 0 Å². The zero-order chi connectivity index (χ0) is 12.3. The number of nitrogens with zero attached hydrogens (tertiary/aromatic N) is 3. The van der Waals surface area contributed by atoms with Gasteiger partial charge in [-0.3, -0.25) is 0 Å². The Kier molecular flexibility index (Phi) is 3.53. The average Bonchev–Trinajstić information content (AvgIpc) is 2.32. The lowest BCUT2D eigenvalue weighted by molar-refractivity contribution is 0.474. The van der Waals surface area contributed by atoms with Gasteiger partial charge in [-0.05, 0) is 22.9 Å². The van der Waals surface area contributed by atoms with Gasteiger partial charge in [0, 0.05) is 13.1 Å². The Balaban J connectivity index is 2.19. The maximum atomic E-state index is 5.57. The van der Waals surface area contributed by atoms with Crippen LogP contribution in [0.5, 0.6) is 11.5 Å². The van der Waals surface area contributed by atoms with E-state index in [0.717, 1.165) is 10.3 Å². The van der Waals surface area contributed by atoms with Crippen LogP contribution in [0.1, 0.15) is 5.82 Å². The van der Waals surface area contributed by atoms with Crippen molar-refractivity contribution in [2.24, 2.45) is 0 Å².